The summed E-state index contributed by atoms with van der Waals surface area (Å²) in [6.07, 6.45) is 7.81. The Morgan fingerprint density at radius 3 is 2.88 bits per heavy atom. The minimum Gasteiger partial charge on any atom is -0.476 e. The molecule has 1 unspecified atom stereocenters. The van der Waals surface area contributed by atoms with Crippen molar-refractivity contribution in [3.63, 3.8) is 0 Å². The number of hydrogen-bond donors (Lipinski definition) is 1. The van der Waals surface area contributed by atoms with E-state index in [1.807, 2.05) is 12.2 Å². The summed E-state index contributed by atoms with van der Waals surface area (Å²) in [6, 6.07) is -0.0875. The highest BCUT2D eigenvalue weighted by Crippen LogP contribution is 2.25. The van der Waals surface area contributed by atoms with Crippen molar-refractivity contribution >= 4 is 11.7 Å². The van der Waals surface area contributed by atoms with Gasteiger partial charge in [-0.2, -0.15) is 5.10 Å². The van der Waals surface area contributed by atoms with Crippen molar-refractivity contribution in [3.05, 3.63) is 34.2 Å². The summed E-state index contributed by atoms with van der Waals surface area (Å²) in [4.78, 5) is 20.8. The van der Waals surface area contributed by atoms with Crippen LogP contribution in [0.2, 0.25) is 0 Å². The summed E-state index contributed by atoms with van der Waals surface area (Å²) in [6.45, 7) is 0. The molecule has 0 saturated heterocycles. The fraction of sp³-hybridized carbons (Fsp3) is 0.400. The van der Waals surface area contributed by atoms with Crippen LogP contribution in [0.1, 0.15) is 35.8 Å². The monoisotopic (exact) mass is 237 g/mol. The van der Waals surface area contributed by atoms with E-state index < -0.39 is 22.3 Å². The lowest BCUT2D eigenvalue weighted by Crippen LogP contribution is -2.10. The van der Waals surface area contributed by atoms with E-state index >= 15 is 0 Å². The number of aromatic nitrogens is 2. The van der Waals surface area contributed by atoms with Crippen molar-refractivity contribution < 1.29 is 14.8 Å². The van der Waals surface area contributed by atoms with E-state index in [0.29, 0.717) is 0 Å². The summed E-state index contributed by atoms with van der Waals surface area (Å²) in [5.41, 5.74) is -0.967. The van der Waals surface area contributed by atoms with Crippen LogP contribution in [-0.2, 0) is 0 Å². The molecule has 1 aromatic rings. The van der Waals surface area contributed by atoms with Crippen LogP contribution in [0.25, 0.3) is 0 Å². The first-order valence-corrected chi connectivity index (χ1v) is 5.23. The Morgan fingerprint density at radius 2 is 2.41 bits per heavy atom. The zero-order valence-corrected chi connectivity index (χ0v) is 8.94. The Hall–Kier alpha value is -2.18. The highest BCUT2D eigenvalue weighted by Gasteiger charge is 2.27. The van der Waals surface area contributed by atoms with Gasteiger partial charge >= 0.3 is 11.7 Å². The normalized spacial score (nSPS) is 19.2. The molecule has 0 fully saturated rings. The quantitative estimate of drug-likeness (QED) is 0.490. The number of carbonyl (C=O) groups is 1. The molecule has 1 N–H and O–H groups in total. The first-order valence-electron chi connectivity index (χ1n) is 5.23. The number of carboxylic acids is 1. The molecule has 0 amide bonds. The third kappa shape index (κ3) is 2.17. The molecule has 0 saturated carbocycles. The number of allylic oxidation sites excluding steroid dienone is 2. The average Bonchev–Trinajstić information content (AvgIpc) is 2.75. The van der Waals surface area contributed by atoms with Gasteiger partial charge < -0.3 is 5.11 Å². The predicted octanol–water partition coefficient (Wildman–Crippen LogP) is 1.77. The molecule has 0 spiro atoms. The van der Waals surface area contributed by atoms with Gasteiger partial charge in [0.05, 0.1) is 11.0 Å². The molecule has 0 bridgehead atoms. The van der Waals surface area contributed by atoms with E-state index in [9.17, 15) is 14.9 Å². The molecule has 1 aliphatic carbocycles. The minimum atomic E-state index is -1.38. The summed E-state index contributed by atoms with van der Waals surface area (Å²) < 4.78 is 1.36. The van der Waals surface area contributed by atoms with Crippen LogP contribution in [0, 0.1) is 10.1 Å². The van der Waals surface area contributed by atoms with Crippen molar-refractivity contribution in [2.75, 3.05) is 0 Å². The van der Waals surface area contributed by atoms with Gasteiger partial charge in [0.25, 0.3) is 0 Å². The first-order chi connectivity index (χ1) is 8.09. The molecule has 1 aliphatic rings. The second kappa shape index (κ2) is 4.36. The number of carboxylic acid groups (broad SMARTS) is 1. The van der Waals surface area contributed by atoms with E-state index in [0.717, 1.165) is 19.3 Å². The molecule has 2 rings (SSSR count). The van der Waals surface area contributed by atoms with Crippen molar-refractivity contribution in [1.82, 2.24) is 9.78 Å². The number of nitrogens with zero attached hydrogens (tertiary/aromatic N) is 3. The molecule has 90 valence electrons. The summed E-state index contributed by atoms with van der Waals surface area (Å²) >= 11 is 0. The SMILES string of the molecule is O=C(O)c1nn(C2C=CCCC2)cc1[N+](=O)[O-]. The Morgan fingerprint density at radius 1 is 1.65 bits per heavy atom. The van der Waals surface area contributed by atoms with Gasteiger partial charge in [-0.05, 0) is 19.3 Å². The van der Waals surface area contributed by atoms with E-state index in [1.165, 1.54) is 10.9 Å². The van der Waals surface area contributed by atoms with Crippen LogP contribution >= 0.6 is 0 Å². The van der Waals surface area contributed by atoms with Crippen molar-refractivity contribution in [2.45, 2.75) is 25.3 Å². The van der Waals surface area contributed by atoms with Gasteiger partial charge in [-0.25, -0.2) is 4.79 Å². The van der Waals surface area contributed by atoms with Gasteiger partial charge in [-0.1, -0.05) is 12.2 Å². The van der Waals surface area contributed by atoms with Crippen molar-refractivity contribution in [1.29, 1.82) is 0 Å². The van der Waals surface area contributed by atoms with Crippen molar-refractivity contribution in [2.24, 2.45) is 0 Å². The van der Waals surface area contributed by atoms with Gasteiger partial charge in [0.15, 0.2) is 0 Å². The molecular weight excluding hydrogens is 226 g/mol. The highest BCUT2D eigenvalue weighted by atomic mass is 16.6. The summed E-state index contributed by atoms with van der Waals surface area (Å²) in [7, 11) is 0. The van der Waals surface area contributed by atoms with Crippen LogP contribution in [0.15, 0.2) is 18.3 Å². The van der Waals surface area contributed by atoms with Crippen LogP contribution in [0.3, 0.4) is 0 Å². The summed E-state index contributed by atoms with van der Waals surface area (Å²) in [5, 5.41) is 23.3. The third-order valence-corrected chi connectivity index (χ3v) is 2.68. The minimum absolute atomic E-state index is 0.0875. The topological polar surface area (TPSA) is 98.3 Å². The van der Waals surface area contributed by atoms with Crippen LogP contribution in [0.4, 0.5) is 5.69 Å². The maximum Gasteiger partial charge on any atom is 0.363 e. The molecular formula is C10H11N3O4. The van der Waals surface area contributed by atoms with Crippen molar-refractivity contribution in [3.8, 4) is 0 Å². The second-order valence-corrected chi connectivity index (χ2v) is 3.83. The van der Waals surface area contributed by atoms with Crippen LogP contribution in [0.5, 0.6) is 0 Å². The fourth-order valence-electron chi connectivity index (χ4n) is 1.85. The Labute approximate surface area is 96.5 Å². The number of rotatable bonds is 3. The molecule has 1 atom stereocenters. The van der Waals surface area contributed by atoms with Gasteiger partial charge in [-0.3, -0.25) is 14.8 Å². The van der Waals surface area contributed by atoms with Gasteiger partial charge in [-0.15, -0.1) is 0 Å². The molecule has 0 aromatic carbocycles. The molecule has 0 radical (unpaired) electrons. The number of aromatic carboxylic acids is 1. The van der Waals surface area contributed by atoms with E-state index in [1.54, 1.807) is 0 Å². The largest absolute Gasteiger partial charge is 0.476 e. The lowest BCUT2D eigenvalue weighted by Gasteiger charge is -2.15. The average molecular weight is 237 g/mol. The first kappa shape index (κ1) is 11.3. The third-order valence-electron chi connectivity index (χ3n) is 2.68. The van der Waals surface area contributed by atoms with Gasteiger partial charge in [0, 0.05) is 0 Å². The second-order valence-electron chi connectivity index (χ2n) is 3.83. The maximum absolute atomic E-state index is 10.8. The standard InChI is InChI=1S/C10H11N3O4/c14-10(15)9-8(13(16)17)6-12(11-9)7-4-2-1-3-5-7/h2,4,6-7H,1,3,5H2,(H,14,15). The molecule has 7 heteroatoms. The zero-order chi connectivity index (χ0) is 12.4. The highest BCUT2D eigenvalue weighted by molar-refractivity contribution is 5.89. The van der Waals surface area contributed by atoms with Gasteiger partial charge in [0.1, 0.15) is 6.20 Å². The fourth-order valence-corrected chi connectivity index (χ4v) is 1.85. The van der Waals surface area contributed by atoms with E-state index in [2.05, 4.69) is 5.10 Å². The number of hydrogen-bond acceptors (Lipinski definition) is 4. The summed E-state index contributed by atoms with van der Waals surface area (Å²) in [5.74, 6) is -1.38. The lowest BCUT2D eigenvalue weighted by atomic mass is 10.0. The Bertz CT molecular complexity index is 460. The van der Waals surface area contributed by atoms with E-state index in [4.69, 9.17) is 5.11 Å². The van der Waals surface area contributed by atoms with Gasteiger partial charge in [0.2, 0.25) is 5.69 Å². The van der Waals surface area contributed by atoms with Crippen LogP contribution in [-0.4, -0.2) is 25.8 Å². The molecule has 1 aromatic heterocycles. The van der Waals surface area contributed by atoms with Crippen LogP contribution < -0.4 is 0 Å². The Balaban J connectivity index is 2.39. The predicted molar refractivity (Wildman–Crippen MR) is 57.9 cm³/mol. The smallest absolute Gasteiger partial charge is 0.363 e. The number of nitro groups is 1. The maximum atomic E-state index is 10.8. The molecule has 0 aliphatic heterocycles. The van der Waals surface area contributed by atoms with E-state index in [-0.39, 0.29) is 6.04 Å². The lowest BCUT2D eigenvalue weighted by molar-refractivity contribution is -0.385. The molecule has 17 heavy (non-hydrogen) atoms. The molecule has 1 heterocycles. The zero-order valence-electron chi connectivity index (χ0n) is 8.94. The Kier molecular flexibility index (Phi) is 2.90. The molecule has 7 nitrogen and oxygen atoms in total.